The molecule has 2 rings (SSSR count). The Kier molecular flexibility index (Phi) is 4.08. The number of nitrogens with one attached hydrogen (secondary N) is 1. The van der Waals surface area contributed by atoms with Crippen molar-refractivity contribution in [2.75, 3.05) is 7.05 Å². The molecule has 0 saturated carbocycles. The third kappa shape index (κ3) is 2.76. The lowest BCUT2D eigenvalue weighted by Crippen LogP contribution is -2.06. The molecule has 0 spiro atoms. The van der Waals surface area contributed by atoms with Gasteiger partial charge in [-0.3, -0.25) is 4.68 Å². The fourth-order valence-electron chi connectivity index (χ4n) is 1.66. The summed E-state index contributed by atoms with van der Waals surface area (Å²) in [5.41, 5.74) is 0.969. The molecule has 0 atom stereocenters. The second-order valence-electron chi connectivity index (χ2n) is 3.90. The van der Waals surface area contributed by atoms with Crippen molar-refractivity contribution in [3.63, 3.8) is 0 Å². The Morgan fingerprint density at radius 1 is 1.39 bits per heavy atom. The summed E-state index contributed by atoms with van der Waals surface area (Å²) in [5, 5.41) is 7.05. The van der Waals surface area contributed by atoms with Crippen molar-refractivity contribution in [1.29, 1.82) is 0 Å². The predicted octanol–water partition coefficient (Wildman–Crippen LogP) is 2.69. The normalized spacial score (nSPS) is 10.9. The average Bonchev–Trinajstić information content (AvgIpc) is 2.78. The van der Waals surface area contributed by atoms with Gasteiger partial charge in [-0.25, -0.2) is 8.78 Å². The second kappa shape index (κ2) is 5.58. The molecule has 0 bridgehead atoms. The first kappa shape index (κ1) is 13.2. The van der Waals surface area contributed by atoms with Crippen molar-refractivity contribution < 1.29 is 8.78 Å². The van der Waals surface area contributed by atoms with Gasteiger partial charge < -0.3 is 5.32 Å². The summed E-state index contributed by atoms with van der Waals surface area (Å²) in [5.74, 6) is -1.15. The van der Waals surface area contributed by atoms with Crippen LogP contribution in [0.4, 0.5) is 8.78 Å². The Labute approximate surface area is 112 Å². The molecular formula is C12H12BrF2N3. The lowest BCUT2D eigenvalue weighted by Gasteiger charge is -2.06. The van der Waals surface area contributed by atoms with E-state index in [2.05, 4.69) is 26.3 Å². The quantitative estimate of drug-likeness (QED) is 0.879. The molecule has 0 aliphatic rings. The fourth-order valence-corrected chi connectivity index (χ4v) is 2.04. The molecule has 0 unspecified atom stereocenters. The monoisotopic (exact) mass is 315 g/mol. The number of nitrogens with zero attached hydrogens (tertiary/aromatic N) is 2. The van der Waals surface area contributed by atoms with Gasteiger partial charge in [-0.15, -0.1) is 0 Å². The zero-order chi connectivity index (χ0) is 13.1. The number of halogens is 3. The van der Waals surface area contributed by atoms with E-state index in [1.54, 1.807) is 12.4 Å². The van der Waals surface area contributed by atoms with Gasteiger partial charge in [0.15, 0.2) is 0 Å². The molecule has 0 amide bonds. The maximum absolute atomic E-state index is 13.8. The van der Waals surface area contributed by atoms with Crippen molar-refractivity contribution in [3.8, 4) is 0 Å². The Hall–Kier alpha value is -1.27. The first-order chi connectivity index (χ1) is 8.61. The molecule has 96 valence electrons. The molecular weight excluding hydrogens is 304 g/mol. The third-order valence-corrected chi connectivity index (χ3v) is 3.14. The van der Waals surface area contributed by atoms with Crippen LogP contribution in [-0.4, -0.2) is 16.8 Å². The van der Waals surface area contributed by atoms with Crippen molar-refractivity contribution in [3.05, 3.63) is 51.8 Å². The Morgan fingerprint density at radius 3 is 2.89 bits per heavy atom. The minimum atomic E-state index is -0.583. The van der Waals surface area contributed by atoms with Gasteiger partial charge in [0.1, 0.15) is 11.6 Å². The molecule has 1 N–H and O–H groups in total. The maximum Gasteiger partial charge on any atom is 0.145 e. The summed E-state index contributed by atoms with van der Waals surface area (Å²) in [4.78, 5) is 0. The molecule has 1 aromatic heterocycles. The van der Waals surface area contributed by atoms with Gasteiger partial charge >= 0.3 is 0 Å². The smallest absolute Gasteiger partial charge is 0.145 e. The average molecular weight is 316 g/mol. The summed E-state index contributed by atoms with van der Waals surface area (Å²) in [6, 6.07) is 2.59. The van der Waals surface area contributed by atoms with E-state index in [4.69, 9.17) is 0 Å². The van der Waals surface area contributed by atoms with Gasteiger partial charge in [0.05, 0.1) is 17.2 Å². The molecule has 1 heterocycles. The van der Waals surface area contributed by atoms with Crippen LogP contribution < -0.4 is 5.32 Å². The van der Waals surface area contributed by atoms with Gasteiger partial charge in [-0.1, -0.05) is 0 Å². The highest BCUT2D eigenvalue weighted by Crippen LogP contribution is 2.22. The predicted molar refractivity (Wildman–Crippen MR) is 68.2 cm³/mol. The van der Waals surface area contributed by atoms with Gasteiger partial charge in [0, 0.05) is 23.9 Å². The van der Waals surface area contributed by atoms with Gasteiger partial charge in [0.25, 0.3) is 0 Å². The number of aromatic nitrogens is 2. The van der Waals surface area contributed by atoms with E-state index < -0.39 is 11.6 Å². The van der Waals surface area contributed by atoms with E-state index in [-0.39, 0.29) is 16.6 Å². The molecule has 0 fully saturated rings. The topological polar surface area (TPSA) is 29.9 Å². The van der Waals surface area contributed by atoms with Crippen LogP contribution in [0.5, 0.6) is 0 Å². The van der Waals surface area contributed by atoms with Crippen molar-refractivity contribution in [2.45, 2.75) is 13.1 Å². The van der Waals surface area contributed by atoms with Gasteiger partial charge in [-0.05, 0) is 35.1 Å². The summed E-state index contributed by atoms with van der Waals surface area (Å²) < 4.78 is 29.1. The Morgan fingerprint density at radius 2 is 2.17 bits per heavy atom. The highest BCUT2D eigenvalue weighted by Gasteiger charge is 2.13. The first-order valence-electron chi connectivity index (χ1n) is 5.40. The molecule has 0 aliphatic carbocycles. The van der Waals surface area contributed by atoms with E-state index in [0.29, 0.717) is 6.54 Å². The van der Waals surface area contributed by atoms with Crippen LogP contribution in [0.25, 0.3) is 0 Å². The minimum absolute atomic E-state index is 0.00322. The molecule has 2 aromatic rings. The number of hydrogen-bond donors (Lipinski definition) is 1. The molecule has 18 heavy (non-hydrogen) atoms. The first-order valence-corrected chi connectivity index (χ1v) is 6.19. The Balaban J connectivity index is 2.25. The zero-order valence-corrected chi connectivity index (χ0v) is 11.3. The van der Waals surface area contributed by atoms with Crippen LogP contribution in [0.15, 0.2) is 29.0 Å². The highest BCUT2D eigenvalue weighted by atomic mass is 79.9. The maximum atomic E-state index is 13.8. The third-order valence-electron chi connectivity index (χ3n) is 2.53. The number of benzene rings is 1. The van der Waals surface area contributed by atoms with Crippen LogP contribution in [0.1, 0.15) is 11.1 Å². The standard InChI is InChI=1S/C12H12BrF2N3/c1-16-4-8-5-17-18(6-8)7-9-11(14)3-2-10(13)12(9)15/h2-3,5-6,16H,4,7H2,1H3. The fraction of sp³-hybridized carbons (Fsp3) is 0.250. The van der Waals surface area contributed by atoms with Gasteiger partial charge in [0.2, 0.25) is 0 Å². The molecule has 6 heteroatoms. The van der Waals surface area contributed by atoms with E-state index in [9.17, 15) is 8.78 Å². The largest absolute Gasteiger partial charge is 0.316 e. The summed E-state index contributed by atoms with van der Waals surface area (Å²) in [6.07, 6.45) is 3.43. The van der Waals surface area contributed by atoms with Crippen LogP contribution in [0, 0.1) is 11.6 Å². The second-order valence-corrected chi connectivity index (χ2v) is 4.75. The zero-order valence-electron chi connectivity index (χ0n) is 9.75. The minimum Gasteiger partial charge on any atom is -0.316 e. The highest BCUT2D eigenvalue weighted by molar-refractivity contribution is 9.10. The van der Waals surface area contributed by atoms with Crippen LogP contribution >= 0.6 is 15.9 Å². The van der Waals surface area contributed by atoms with Crippen LogP contribution in [0.2, 0.25) is 0 Å². The molecule has 1 aromatic carbocycles. The van der Waals surface area contributed by atoms with Crippen LogP contribution in [0.3, 0.4) is 0 Å². The molecule has 3 nitrogen and oxygen atoms in total. The van der Waals surface area contributed by atoms with E-state index >= 15 is 0 Å². The van der Waals surface area contributed by atoms with Crippen LogP contribution in [-0.2, 0) is 13.1 Å². The van der Waals surface area contributed by atoms with Gasteiger partial charge in [-0.2, -0.15) is 5.10 Å². The number of rotatable bonds is 4. The molecule has 0 saturated heterocycles. The van der Waals surface area contributed by atoms with Crippen molar-refractivity contribution in [2.24, 2.45) is 0 Å². The Bertz CT molecular complexity index is 554. The van der Waals surface area contributed by atoms with Crippen molar-refractivity contribution in [1.82, 2.24) is 15.1 Å². The SMILES string of the molecule is CNCc1cnn(Cc2c(F)ccc(Br)c2F)c1. The number of hydrogen-bond acceptors (Lipinski definition) is 2. The van der Waals surface area contributed by atoms with Crippen molar-refractivity contribution >= 4 is 15.9 Å². The summed E-state index contributed by atoms with van der Waals surface area (Å²) in [6.45, 7) is 0.740. The molecule has 0 radical (unpaired) electrons. The lowest BCUT2D eigenvalue weighted by atomic mass is 10.2. The summed E-state index contributed by atoms with van der Waals surface area (Å²) in [7, 11) is 1.82. The lowest BCUT2D eigenvalue weighted by molar-refractivity contribution is 0.529. The summed E-state index contributed by atoms with van der Waals surface area (Å²) >= 11 is 3.04. The van der Waals surface area contributed by atoms with E-state index in [1.165, 1.54) is 16.8 Å². The van der Waals surface area contributed by atoms with E-state index in [0.717, 1.165) is 5.56 Å². The van der Waals surface area contributed by atoms with E-state index in [1.807, 2.05) is 7.05 Å². The molecule has 0 aliphatic heterocycles.